The minimum Gasteiger partial charge on any atom is -0.484 e. The van der Waals surface area contributed by atoms with Gasteiger partial charge in [-0.3, -0.25) is 4.79 Å². The van der Waals surface area contributed by atoms with E-state index in [1.165, 1.54) is 0 Å². The van der Waals surface area contributed by atoms with Gasteiger partial charge in [0.1, 0.15) is 5.75 Å². The lowest BCUT2D eigenvalue weighted by Gasteiger charge is -2.23. The van der Waals surface area contributed by atoms with Crippen molar-refractivity contribution in [2.24, 2.45) is 5.73 Å². The molecule has 20 heavy (non-hydrogen) atoms. The van der Waals surface area contributed by atoms with Gasteiger partial charge in [-0.1, -0.05) is 12.1 Å². The maximum Gasteiger partial charge on any atom is 0.258 e. The number of rotatable bonds is 6. The minimum atomic E-state index is -0.0823. The normalized spacial score (nSPS) is 15.8. The molecule has 0 saturated carbocycles. The Morgan fingerprint density at radius 2 is 2.20 bits per heavy atom. The standard InChI is InChI=1S/C15H22N2O3/c16-7-4-12-2-1-3-14(10-12)20-11-15(18)17-13-5-8-19-9-6-13/h1-3,10,13H,4-9,11,16H2,(H,17,18). The first kappa shape index (κ1) is 14.8. The average molecular weight is 278 g/mol. The number of hydrogen-bond acceptors (Lipinski definition) is 4. The van der Waals surface area contributed by atoms with Crippen molar-refractivity contribution >= 4 is 5.91 Å². The van der Waals surface area contributed by atoms with E-state index in [0.29, 0.717) is 25.5 Å². The minimum absolute atomic E-state index is 0.0451. The molecule has 1 aromatic rings. The molecule has 5 heteroatoms. The lowest BCUT2D eigenvalue weighted by molar-refractivity contribution is -0.124. The molecule has 0 atom stereocenters. The van der Waals surface area contributed by atoms with Crippen LogP contribution in [0.3, 0.4) is 0 Å². The first-order valence-corrected chi connectivity index (χ1v) is 7.07. The van der Waals surface area contributed by atoms with Crippen molar-refractivity contribution in [3.8, 4) is 5.75 Å². The Labute approximate surface area is 119 Å². The van der Waals surface area contributed by atoms with Crippen LogP contribution in [-0.4, -0.2) is 38.3 Å². The zero-order chi connectivity index (χ0) is 14.2. The number of hydrogen-bond donors (Lipinski definition) is 2. The Morgan fingerprint density at radius 3 is 2.95 bits per heavy atom. The summed E-state index contributed by atoms with van der Waals surface area (Å²) in [6.45, 7) is 2.08. The number of carbonyl (C=O) groups is 1. The van der Waals surface area contributed by atoms with Gasteiger partial charge in [0.15, 0.2) is 6.61 Å². The highest BCUT2D eigenvalue weighted by molar-refractivity contribution is 5.77. The van der Waals surface area contributed by atoms with Gasteiger partial charge in [0, 0.05) is 19.3 Å². The van der Waals surface area contributed by atoms with Crippen LogP contribution < -0.4 is 15.8 Å². The predicted octanol–water partition coefficient (Wildman–Crippen LogP) is 0.862. The van der Waals surface area contributed by atoms with E-state index >= 15 is 0 Å². The van der Waals surface area contributed by atoms with Crippen molar-refractivity contribution in [3.63, 3.8) is 0 Å². The summed E-state index contributed by atoms with van der Waals surface area (Å²) in [5.74, 6) is 0.624. The molecular formula is C15H22N2O3. The Balaban J connectivity index is 1.76. The fourth-order valence-corrected chi connectivity index (χ4v) is 2.22. The first-order valence-electron chi connectivity index (χ1n) is 7.07. The smallest absolute Gasteiger partial charge is 0.258 e. The lowest BCUT2D eigenvalue weighted by Crippen LogP contribution is -2.41. The summed E-state index contributed by atoms with van der Waals surface area (Å²) >= 11 is 0. The van der Waals surface area contributed by atoms with Gasteiger partial charge in [-0.05, 0) is 43.5 Å². The number of ether oxygens (including phenoxy) is 2. The van der Waals surface area contributed by atoms with Gasteiger partial charge < -0.3 is 20.5 Å². The molecule has 2 rings (SSSR count). The van der Waals surface area contributed by atoms with E-state index in [1.54, 1.807) is 0 Å². The molecule has 0 unspecified atom stereocenters. The van der Waals surface area contributed by atoms with E-state index in [2.05, 4.69) is 5.32 Å². The second-order valence-corrected chi connectivity index (χ2v) is 4.93. The Hall–Kier alpha value is -1.59. The van der Waals surface area contributed by atoms with Crippen molar-refractivity contribution in [1.29, 1.82) is 0 Å². The molecule has 1 aliphatic heterocycles. The third kappa shape index (κ3) is 4.83. The monoisotopic (exact) mass is 278 g/mol. The molecule has 1 aromatic carbocycles. The lowest BCUT2D eigenvalue weighted by atomic mass is 10.1. The summed E-state index contributed by atoms with van der Waals surface area (Å²) in [7, 11) is 0. The molecule has 1 aliphatic rings. The molecule has 1 amide bonds. The van der Waals surface area contributed by atoms with Gasteiger partial charge in [0.25, 0.3) is 5.91 Å². The van der Waals surface area contributed by atoms with E-state index in [0.717, 1.165) is 24.8 Å². The molecule has 0 aliphatic carbocycles. The molecule has 0 spiro atoms. The highest BCUT2D eigenvalue weighted by atomic mass is 16.5. The zero-order valence-corrected chi connectivity index (χ0v) is 11.6. The van der Waals surface area contributed by atoms with Gasteiger partial charge in [-0.25, -0.2) is 0 Å². The van der Waals surface area contributed by atoms with Gasteiger partial charge in [-0.2, -0.15) is 0 Å². The van der Waals surface area contributed by atoms with Crippen LogP contribution in [0.2, 0.25) is 0 Å². The van der Waals surface area contributed by atoms with Gasteiger partial charge in [0.05, 0.1) is 0 Å². The van der Waals surface area contributed by atoms with Gasteiger partial charge >= 0.3 is 0 Å². The van der Waals surface area contributed by atoms with Crippen LogP contribution in [0.1, 0.15) is 18.4 Å². The van der Waals surface area contributed by atoms with Crippen LogP contribution >= 0.6 is 0 Å². The van der Waals surface area contributed by atoms with E-state index < -0.39 is 0 Å². The summed E-state index contributed by atoms with van der Waals surface area (Å²) in [4.78, 5) is 11.8. The van der Waals surface area contributed by atoms with E-state index in [9.17, 15) is 4.79 Å². The molecule has 0 aromatic heterocycles. The topological polar surface area (TPSA) is 73.6 Å². The number of nitrogens with one attached hydrogen (secondary N) is 1. The highest BCUT2D eigenvalue weighted by Crippen LogP contribution is 2.13. The fraction of sp³-hybridized carbons (Fsp3) is 0.533. The van der Waals surface area contributed by atoms with Gasteiger partial charge in [0.2, 0.25) is 0 Å². The molecular weight excluding hydrogens is 256 g/mol. The van der Waals surface area contributed by atoms with Crippen molar-refractivity contribution < 1.29 is 14.3 Å². The third-order valence-electron chi connectivity index (χ3n) is 3.29. The average Bonchev–Trinajstić information content (AvgIpc) is 2.47. The molecule has 1 saturated heterocycles. The SMILES string of the molecule is NCCc1cccc(OCC(=O)NC2CCOCC2)c1. The first-order chi connectivity index (χ1) is 9.78. The predicted molar refractivity (Wildman–Crippen MR) is 76.7 cm³/mol. The quantitative estimate of drug-likeness (QED) is 0.809. The Bertz CT molecular complexity index is 431. The molecule has 5 nitrogen and oxygen atoms in total. The third-order valence-corrected chi connectivity index (χ3v) is 3.29. The Kier molecular flexibility index (Phi) is 5.83. The van der Waals surface area contributed by atoms with Crippen molar-refractivity contribution in [1.82, 2.24) is 5.32 Å². The van der Waals surface area contributed by atoms with Crippen molar-refractivity contribution in [2.45, 2.75) is 25.3 Å². The molecule has 0 bridgehead atoms. The number of carbonyl (C=O) groups excluding carboxylic acids is 1. The van der Waals surface area contributed by atoms with Crippen LogP contribution in [-0.2, 0) is 16.0 Å². The second kappa shape index (κ2) is 7.87. The fourth-order valence-electron chi connectivity index (χ4n) is 2.22. The van der Waals surface area contributed by atoms with Crippen LogP contribution in [0, 0.1) is 0 Å². The van der Waals surface area contributed by atoms with Crippen LogP contribution in [0.15, 0.2) is 24.3 Å². The highest BCUT2D eigenvalue weighted by Gasteiger charge is 2.16. The molecule has 1 heterocycles. The van der Waals surface area contributed by atoms with E-state index in [1.807, 2.05) is 24.3 Å². The van der Waals surface area contributed by atoms with Crippen LogP contribution in [0.5, 0.6) is 5.75 Å². The van der Waals surface area contributed by atoms with Crippen molar-refractivity contribution in [3.05, 3.63) is 29.8 Å². The van der Waals surface area contributed by atoms with Gasteiger partial charge in [-0.15, -0.1) is 0 Å². The molecule has 110 valence electrons. The van der Waals surface area contributed by atoms with Crippen LogP contribution in [0.4, 0.5) is 0 Å². The number of benzene rings is 1. The Morgan fingerprint density at radius 1 is 1.40 bits per heavy atom. The summed E-state index contributed by atoms with van der Waals surface area (Å²) in [5.41, 5.74) is 6.64. The van der Waals surface area contributed by atoms with Crippen molar-refractivity contribution in [2.75, 3.05) is 26.4 Å². The number of amides is 1. The molecule has 1 fully saturated rings. The maximum absolute atomic E-state index is 11.8. The summed E-state index contributed by atoms with van der Waals surface area (Å²) in [5, 5.41) is 2.96. The maximum atomic E-state index is 11.8. The van der Waals surface area contributed by atoms with Crippen LogP contribution in [0.25, 0.3) is 0 Å². The summed E-state index contributed by atoms with van der Waals surface area (Å²) in [6, 6.07) is 7.90. The summed E-state index contributed by atoms with van der Waals surface area (Å²) < 4.78 is 10.8. The molecule has 0 radical (unpaired) electrons. The second-order valence-electron chi connectivity index (χ2n) is 4.93. The molecule has 3 N–H and O–H groups in total. The zero-order valence-electron chi connectivity index (χ0n) is 11.6. The number of nitrogens with two attached hydrogens (primary N) is 1. The van der Waals surface area contributed by atoms with E-state index in [-0.39, 0.29) is 18.6 Å². The van der Waals surface area contributed by atoms with E-state index in [4.69, 9.17) is 15.2 Å². The summed E-state index contributed by atoms with van der Waals surface area (Å²) in [6.07, 6.45) is 2.56. The largest absolute Gasteiger partial charge is 0.484 e.